The van der Waals surface area contributed by atoms with Crippen LogP contribution in [-0.4, -0.2) is 25.8 Å². The van der Waals surface area contributed by atoms with E-state index in [1.54, 1.807) is 0 Å². The standard InChI is InChI=1S/C15H29NO/c1-2-16-15(14-9-6-10-17-12-14)11-13-7-4-3-5-8-13/h13-16H,2-12H2,1H3. The fourth-order valence-corrected chi connectivity index (χ4v) is 3.57. The van der Waals surface area contributed by atoms with Gasteiger partial charge < -0.3 is 10.1 Å². The zero-order valence-corrected chi connectivity index (χ0v) is 11.4. The second-order valence-electron chi connectivity index (χ2n) is 5.88. The first kappa shape index (κ1) is 13.4. The Morgan fingerprint density at radius 2 is 1.94 bits per heavy atom. The summed E-state index contributed by atoms with van der Waals surface area (Å²) in [5.41, 5.74) is 0. The molecule has 1 heterocycles. The third kappa shape index (κ3) is 4.26. The van der Waals surface area contributed by atoms with E-state index in [0.717, 1.165) is 31.6 Å². The van der Waals surface area contributed by atoms with Gasteiger partial charge in [0.05, 0.1) is 6.61 Å². The minimum Gasteiger partial charge on any atom is -0.381 e. The lowest BCUT2D eigenvalue weighted by Crippen LogP contribution is -2.41. The lowest BCUT2D eigenvalue weighted by atomic mass is 9.80. The molecule has 0 aromatic heterocycles. The number of rotatable bonds is 5. The number of hydrogen-bond donors (Lipinski definition) is 1. The van der Waals surface area contributed by atoms with Crippen LogP contribution >= 0.6 is 0 Å². The van der Waals surface area contributed by atoms with E-state index >= 15 is 0 Å². The Kier molecular flexibility index (Phi) is 5.79. The highest BCUT2D eigenvalue weighted by Crippen LogP contribution is 2.30. The summed E-state index contributed by atoms with van der Waals surface area (Å²) in [5, 5.41) is 3.72. The molecule has 0 aromatic carbocycles. The van der Waals surface area contributed by atoms with E-state index in [0.29, 0.717) is 6.04 Å². The molecule has 0 aromatic rings. The topological polar surface area (TPSA) is 21.3 Å². The first-order chi connectivity index (χ1) is 8.40. The molecule has 1 N–H and O–H groups in total. The number of hydrogen-bond acceptors (Lipinski definition) is 2. The summed E-state index contributed by atoms with van der Waals surface area (Å²) in [6.07, 6.45) is 11.3. The van der Waals surface area contributed by atoms with Crippen LogP contribution in [0.25, 0.3) is 0 Å². The van der Waals surface area contributed by atoms with Crippen LogP contribution in [0.1, 0.15) is 58.3 Å². The summed E-state index contributed by atoms with van der Waals surface area (Å²) in [6.45, 7) is 5.31. The van der Waals surface area contributed by atoms with Gasteiger partial charge in [-0.15, -0.1) is 0 Å². The quantitative estimate of drug-likeness (QED) is 0.794. The van der Waals surface area contributed by atoms with E-state index in [2.05, 4.69) is 12.2 Å². The zero-order chi connectivity index (χ0) is 11.9. The van der Waals surface area contributed by atoms with Crippen LogP contribution in [-0.2, 0) is 4.74 Å². The maximum absolute atomic E-state index is 5.66. The molecule has 100 valence electrons. The molecule has 2 aliphatic rings. The van der Waals surface area contributed by atoms with Crippen LogP contribution < -0.4 is 5.32 Å². The van der Waals surface area contributed by atoms with Crippen LogP contribution in [0.15, 0.2) is 0 Å². The van der Waals surface area contributed by atoms with Gasteiger partial charge in [0.25, 0.3) is 0 Å². The van der Waals surface area contributed by atoms with Crippen molar-refractivity contribution in [1.29, 1.82) is 0 Å². The van der Waals surface area contributed by atoms with Crippen LogP contribution in [0.4, 0.5) is 0 Å². The second-order valence-corrected chi connectivity index (χ2v) is 5.88. The Labute approximate surface area is 107 Å². The second kappa shape index (κ2) is 7.38. The third-order valence-corrected chi connectivity index (χ3v) is 4.54. The molecule has 1 saturated heterocycles. The molecule has 17 heavy (non-hydrogen) atoms. The predicted molar refractivity (Wildman–Crippen MR) is 72.2 cm³/mol. The molecule has 2 heteroatoms. The van der Waals surface area contributed by atoms with Gasteiger partial charge in [0.15, 0.2) is 0 Å². The Bertz CT molecular complexity index is 195. The highest BCUT2D eigenvalue weighted by atomic mass is 16.5. The van der Waals surface area contributed by atoms with Crippen molar-refractivity contribution in [2.75, 3.05) is 19.8 Å². The van der Waals surface area contributed by atoms with Gasteiger partial charge in [-0.05, 0) is 37.6 Å². The van der Waals surface area contributed by atoms with Gasteiger partial charge in [0.2, 0.25) is 0 Å². The van der Waals surface area contributed by atoms with Crippen LogP contribution in [0.2, 0.25) is 0 Å². The van der Waals surface area contributed by atoms with E-state index < -0.39 is 0 Å². The fourth-order valence-electron chi connectivity index (χ4n) is 3.57. The van der Waals surface area contributed by atoms with Crippen LogP contribution in [0.3, 0.4) is 0 Å². The van der Waals surface area contributed by atoms with Crippen molar-refractivity contribution in [1.82, 2.24) is 5.32 Å². The average Bonchev–Trinajstić information content (AvgIpc) is 2.40. The zero-order valence-electron chi connectivity index (χ0n) is 11.4. The first-order valence-electron chi connectivity index (χ1n) is 7.71. The van der Waals surface area contributed by atoms with Crippen molar-refractivity contribution in [3.63, 3.8) is 0 Å². The minimum atomic E-state index is 0.711. The van der Waals surface area contributed by atoms with E-state index in [-0.39, 0.29) is 0 Å². The Morgan fingerprint density at radius 3 is 2.59 bits per heavy atom. The van der Waals surface area contributed by atoms with E-state index in [1.807, 2.05) is 0 Å². The molecule has 1 aliphatic heterocycles. The monoisotopic (exact) mass is 239 g/mol. The lowest BCUT2D eigenvalue weighted by Gasteiger charge is -2.34. The summed E-state index contributed by atoms with van der Waals surface area (Å²) < 4.78 is 5.66. The van der Waals surface area contributed by atoms with Gasteiger partial charge in [0, 0.05) is 12.6 Å². The SMILES string of the molecule is CCNC(CC1CCCCC1)C1CCCOC1. The molecule has 2 fully saturated rings. The first-order valence-corrected chi connectivity index (χ1v) is 7.71. The number of ether oxygens (including phenoxy) is 1. The van der Waals surface area contributed by atoms with Gasteiger partial charge in [-0.1, -0.05) is 39.0 Å². The van der Waals surface area contributed by atoms with Crippen molar-refractivity contribution >= 4 is 0 Å². The Hall–Kier alpha value is -0.0800. The third-order valence-electron chi connectivity index (χ3n) is 4.54. The van der Waals surface area contributed by atoms with E-state index in [9.17, 15) is 0 Å². The van der Waals surface area contributed by atoms with Gasteiger partial charge in [0.1, 0.15) is 0 Å². The smallest absolute Gasteiger partial charge is 0.0509 e. The van der Waals surface area contributed by atoms with Crippen molar-refractivity contribution in [3.8, 4) is 0 Å². The summed E-state index contributed by atoms with van der Waals surface area (Å²) in [5.74, 6) is 1.75. The highest BCUT2D eigenvalue weighted by Gasteiger charge is 2.26. The molecule has 2 nitrogen and oxygen atoms in total. The van der Waals surface area contributed by atoms with E-state index in [4.69, 9.17) is 4.74 Å². The Morgan fingerprint density at radius 1 is 1.12 bits per heavy atom. The minimum absolute atomic E-state index is 0.711. The van der Waals surface area contributed by atoms with Crippen LogP contribution in [0, 0.1) is 11.8 Å². The molecule has 2 rings (SSSR count). The predicted octanol–water partition coefficient (Wildman–Crippen LogP) is 3.36. The lowest BCUT2D eigenvalue weighted by molar-refractivity contribution is 0.0343. The van der Waals surface area contributed by atoms with Crippen molar-refractivity contribution < 1.29 is 4.74 Å². The number of nitrogens with one attached hydrogen (secondary N) is 1. The largest absolute Gasteiger partial charge is 0.381 e. The summed E-state index contributed by atoms with van der Waals surface area (Å²) in [6, 6.07) is 0.711. The van der Waals surface area contributed by atoms with E-state index in [1.165, 1.54) is 51.4 Å². The van der Waals surface area contributed by atoms with Crippen molar-refractivity contribution in [2.45, 2.75) is 64.3 Å². The fraction of sp³-hybridized carbons (Fsp3) is 1.00. The van der Waals surface area contributed by atoms with Gasteiger partial charge in [-0.3, -0.25) is 0 Å². The molecule has 0 amide bonds. The molecule has 2 unspecified atom stereocenters. The molecule has 0 spiro atoms. The molecular weight excluding hydrogens is 210 g/mol. The van der Waals surface area contributed by atoms with Gasteiger partial charge >= 0.3 is 0 Å². The van der Waals surface area contributed by atoms with Gasteiger partial charge in [-0.25, -0.2) is 0 Å². The maximum atomic E-state index is 5.66. The summed E-state index contributed by atoms with van der Waals surface area (Å²) in [4.78, 5) is 0. The van der Waals surface area contributed by atoms with Crippen LogP contribution in [0.5, 0.6) is 0 Å². The normalized spacial score (nSPS) is 29.1. The van der Waals surface area contributed by atoms with Gasteiger partial charge in [-0.2, -0.15) is 0 Å². The molecular formula is C15H29NO. The maximum Gasteiger partial charge on any atom is 0.0509 e. The highest BCUT2D eigenvalue weighted by molar-refractivity contribution is 4.81. The summed E-state index contributed by atoms with van der Waals surface area (Å²) in [7, 11) is 0. The molecule has 0 bridgehead atoms. The molecule has 2 atom stereocenters. The molecule has 0 radical (unpaired) electrons. The Balaban J connectivity index is 1.81. The summed E-state index contributed by atoms with van der Waals surface area (Å²) >= 11 is 0. The average molecular weight is 239 g/mol. The van der Waals surface area contributed by atoms with Crippen molar-refractivity contribution in [2.24, 2.45) is 11.8 Å². The molecule has 1 aliphatic carbocycles. The van der Waals surface area contributed by atoms with Crippen molar-refractivity contribution in [3.05, 3.63) is 0 Å². The molecule has 1 saturated carbocycles.